The lowest BCUT2D eigenvalue weighted by atomic mass is 9.85. The molecule has 120 valence electrons. The third kappa shape index (κ3) is 5.41. The van der Waals surface area contributed by atoms with E-state index in [1.54, 1.807) is 4.68 Å². The highest BCUT2D eigenvalue weighted by molar-refractivity contribution is 5.02. The zero-order chi connectivity index (χ0) is 15.1. The Bertz CT molecular complexity index is 408. The summed E-state index contributed by atoms with van der Waals surface area (Å²) < 4.78 is 7.73. The zero-order valence-electron chi connectivity index (χ0n) is 13.3. The number of aliphatic hydroxyl groups is 1. The minimum Gasteiger partial charge on any atom is -0.389 e. The van der Waals surface area contributed by atoms with Crippen LogP contribution >= 0.6 is 0 Å². The molecule has 1 heterocycles. The summed E-state index contributed by atoms with van der Waals surface area (Å²) in [6, 6.07) is 0. The van der Waals surface area contributed by atoms with Gasteiger partial charge in [-0.25, -0.2) is 0 Å². The van der Waals surface area contributed by atoms with Gasteiger partial charge in [-0.1, -0.05) is 26.2 Å². The van der Waals surface area contributed by atoms with Crippen LogP contribution in [0.3, 0.4) is 0 Å². The summed E-state index contributed by atoms with van der Waals surface area (Å²) in [4.78, 5) is 0. The maximum atomic E-state index is 10.0. The van der Waals surface area contributed by atoms with E-state index in [0.29, 0.717) is 25.2 Å². The lowest BCUT2D eigenvalue weighted by molar-refractivity contribution is -0.0499. The standard InChI is InChI=1S/C16H29N3O2/c1-3-14-6-4-5-7-16(14)21-12-15(20)10-17-8-13-9-18-19(2)11-13/h9,11,14-17,20H,3-8,10,12H2,1-2H3. The molecule has 1 aliphatic rings. The van der Waals surface area contributed by atoms with Crippen LogP contribution in [0.5, 0.6) is 0 Å². The summed E-state index contributed by atoms with van der Waals surface area (Å²) in [7, 11) is 1.90. The van der Waals surface area contributed by atoms with Crippen LogP contribution in [-0.4, -0.2) is 40.2 Å². The smallest absolute Gasteiger partial charge is 0.0897 e. The van der Waals surface area contributed by atoms with Gasteiger partial charge in [-0.05, 0) is 18.8 Å². The van der Waals surface area contributed by atoms with E-state index in [9.17, 15) is 5.11 Å². The number of nitrogens with one attached hydrogen (secondary N) is 1. The molecule has 0 spiro atoms. The van der Waals surface area contributed by atoms with Crippen LogP contribution in [0.25, 0.3) is 0 Å². The predicted octanol–water partition coefficient (Wildman–Crippen LogP) is 1.86. The first-order valence-corrected chi connectivity index (χ1v) is 8.17. The molecule has 0 saturated heterocycles. The Morgan fingerprint density at radius 2 is 2.29 bits per heavy atom. The van der Waals surface area contributed by atoms with Crippen molar-refractivity contribution in [1.82, 2.24) is 15.1 Å². The van der Waals surface area contributed by atoms with Crippen molar-refractivity contribution in [2.45, 2.75) is 57.8 Å². The largest absolute Gasteiger partial charge is 0.389 e. The molecule has 5 heteroatoms. The molecule has 0 bridgehead atoms. The Labute approximate surface area is 127 Å². The SMILES string of the molecule is CCC1CCCCC1OCC(O)CNCc1cnn(C)c1. The number of nitrogens with zero attached hydrogens (tertiary/aromatic N) is 2. The van der Waals surface area contributed by atoms with Crippen LogP contribution in [0.1, 0.15) is 44.6 Å². The quantitative estimate of drug-likeness (QED) is 0.768. The van der Waals surface area contributed by atoms with Gasteiger partial charge in [-0.3, -0.25) is 4.68 Å². The van der Waals surface area contributed by atoms with Gasteiger partial charge >= 0.3 is 0 Å². The fourth-order valence-electron chi connectivity index (χ4n) is 3.10. The van der Waals surface area contributed by atoms with Crippen LogP contribution in [0, 0.1) is 5.92 Å². The van der Waals surface area contributed by atoms with Crippen molar-refractivity contribution in [3.05, 3.63) is 18.0 Å². The Balaban J connectivity index is 1.61. The zero-order valence-corrected chi connectivity index (χ0v) is 13.3. The molecule has 1 saturated carbocycles. The van der Waals surface area contributed by atoms with E-state index < -0.39 is 6.10 Å². The van der Waals surface area contributed by atoms with Crippen molar-refractivity contribution in [1.29, 1.82) is 0 Å². The molecule has 0 aliphatic heterocycles. The molecular formula is C16H29N3O2. The summed E-state index contributed by atoms with van der Waals surface area (Å²) in [6.45, 7) is 3.95. The molecule has 2 rings (SSSR count). The predicted molar refractivity (Wildman–Crippen MR) is 82.9 cm³/mol. The van der Waals surface area contributed by atoms with Gasteiger partial charge in [0.2, 0.25) is 0 Å². The van der Waals surface area contributed by atoms with Gasteiger partial charge in [-0.15, -0.1) is 0 Å². The van der Waals surface area contributed by atoms with Crippen LogP contribution in [0.2, 0.25) is 0 Å². The first-order valence-electron chi connectivity index (χ1n) is 8.17. The molecule has 3 atom stereocenters. The normalized spacial score (nSPS) is 24.1. The molecule has 5 nitrogen and oxygen atoms in total. The Kier molecular flexibility index (Phi) is 6.67. The molecule has 0 radical (unpaired) electrons. The molecule has 21 heavy (non-hydrogen) atoms. The second-order valence-electron chi connectivity index (χ2n) is 6.13. The number of ether oxygens (including phenoxy) is 1. The third-order valence-electron chi connectivity index (χ3n) is 4.33. The van der Waals surface area contributed by atoms with Crippen LogP contribution in [0.4, 0.5) is 0 Å². The topological polar surface area (TPSA) is 59.3 Å². The molecule has 0 amide bonds. The molecule has 1 aliphatic carbocycles. The average Bonchev–Trinajstić information content (AvgIpc) is 2.91. The van der Waals surface area contributed by atoms with E-state index >= 15 is 0 Å². The summed E-state index contributed by atoms with van der Waals surface area (Å²) in [5.74, 6) is 0.675. The number of rotatable bonds is 8. The second-order valence-corrected chi connectivity index (χ2v) is 6.13. The molecule has 1 fully saturated rings. The fourth-order valence-corrected chi connectivity index (χ4v) is 3.10. The first kappa shape index (κ1) is 16.5. The van der Waals surface area contributed by atoms with Crippen LogP contribution < -0.4 is 5.32 Å². The van der Waals surface area contributed by atoms with Gasteiger partial charge in [0.25, 0.3) is 0 Å². The number of aryl methyl sites for hydroxylation is 1. The van der Waals surface area contributed by atoms with E-state index in [1.165, 1.54) is 25.7 Å². The minimum atomic E-state index is -0.443. The Morgan fingerprint density at radius 1 is 1.48 bits per heavy atom. The average molecular weight is 295 g/mol. The maximum absolute atomic E-state index is 10.0. The van der Waals surface area contributed by atoms with Crippen molar-refractivity contribution in [3.63, 3.8) is 0 Å². The number of aliphatic hydroxyl groups excluding tert-OH is 1. The van der Waals surface area contributed by atoms with E-state index in [0.717, 1.165) is 18.5 Å². The highest BCUT2D eigenvalue weighted by Crippen LogP contribution is 2.29. The highest BCUT2D eigenvalue weighted by Gasteiger charge is 2.24. The number of aromatic nitrogens is 2. The highest BCUT2D eigenvalue weighted by atomic mass is 16.5. The second kappa shape index (κ2) is 8.51. The summed E-state index contributed by atoms with van der Waals surface area (Å²) >= 11 is 0. The van der Waals surface area contributed by atoms with Gasteiger partial charge in [0.1, 0.15) is 0 Å². The van der Waals surface area contributed by atoms with Gasteiger partial charge in [0, 0.05) is 31.9 Å². The van der Waals surface area contributed by atoms with Crippen molar-refractivity contribution in [3.8, 4) is 0 Å². The summed E-state index contributed by atoms with van der Waals surface area (Å²) in [5, 5.41) is 17.4. The van der Waals surface area contributed by atoms with Gasteiger partial charge < -0.3 is 15.2 Å². The number of hydrogen-bond acceptors (Lipinski definition) is 4. The molecule has 1 aromatic rings. The van der Waals surface area contributed by atoms with Crippen molar-refractivity contribution < 1.29 is 9.84 Å². The minimum absolute atomic E-state index is 0.344. The summed E-state index contributed by atoms with van der Waals surface area (Å²) in [6.07, 6.45) is 9.90. The molecule has 1 aromatic heterocycles. The Hall–Kier alpha value is -0.910. The van der Waals surface area contributed by atoms with Gasteiger partial charge in [0.15, 0.2) is 0 Å². The lowest BCUT2D eigenvalue weighted by Gasteiger charge is -2.31. The lowest BCUT2D eigenvalue weighted by Crippen LogP contribution is -2.34. The van der Waals surface area contributed by atoms with E-state index in [2.05, 4.69) is 17.3 Å². The Morgan fingerprint density at radius 3 is 3.00 bits per heavy atom. The van der Waals surface area contributed by atoms with E-state index in [4.69, 9.17) is 4.74 Å². The van der Waals surface area contributed by atoms with Crippen molar-refractivity contribution >= 4 is 0 Å². The molecule has 3 unspecified atom stereocenters. The first-order chi connectivity index (χ1) is 10.2. The van der Waals surface area contributed by atoms with E-state index in [-0.39, 0.29) is 0 Å². The fraction of sp³-hybridized carbons (Fsp3) is 0.812. The molecule has 2 N–H and O–H groups in total. The van der Waals surface area contributed by atoms with E-state index in [1.807, 2.05) is 19.4 Å². The van der Waals surface area contributed by atoms with Crippen LogP contribution in [-0.2, 0) is 18.3 Å². The summed E-state index contributed by atoms with van der Waals surface area (Å²) in [5.41, 5.74) is 1.13. The van der Waals surface area contributed by atoms with Crippen molar-refractivity contribution in [2.75, 3.05) is 13.2 Å². The molecule has 0 aromatic carbocycles. The number of hydrogen-bond donors (Lipinski definition) is 2. The third-order valence-corrected chi connectivity index (χ3v) is 4.33. The van der Waals surface area contributed by atoms with Gasteiger partial charge in [-0.2, -0.15) is 5.10 Å². The maximum Gasteiger partial charge on any atom is 0.0897 e. The molecular weight excluding hydrogens is 266 g/mol. The van der Waals surface area contributed by atoms with Gasteiger partial charge in [0.05, 0.1) is 25.0 Å². The van der Waals surface area contributed by atoms with Crippen LogP contribution in [0.15, 0.2) is 12.4 Å². The monoisotopic (exact) mass is 295 g/mol. The van der Waals surface area contributed by atoms with Crippen molar-refractivity contribution in [2.24, 2.45) is 13.0 Å².